The first kappa shape index (κ1) is 24.2. The van der Waals surface area contributed by atoms with Crippen molar-refractivity contribution in [2.24, 2.45) is 5.73 Å². The molecule has 0 heterocycles. The maximum Gasteiger partial charge on any atom is 0.259 e. The lowest BCUT2D eigenvalue weighted by atomic mass is 10.1. The van der Waals surface area contributed by atoms with E-state index in [1.165, 1.54) is 25.3 Å². The number of halogens is 2. The number of para-hydroxylation sites is 1. The van der Waals surface area contributed by atoms with Crippen molar-refractivity contribution in [1.82, 2.24) is 4.90 Å². The molecule has 8 heteroatoms. The van der Waals surface area contributed by atoms with Crippen LogP contribution in [0.1, 0.15) is 32.7 Å². The number of nitrogens with zero attached hydrogens (tertiary/aromatic N) is 1. The number of ether oxygens (including phenoxy) is 1. The van der Waals surface area contributed by atoms with E-state index < -0.39 is 5.82 Å². The van der Waals surface area contributed by atoms with E-state index in [1.807, 2.05) is 0 Å². The summed E-state index contributed by atoms with van der Waals surface area (Å²) in [6.45, 7) is 0.947. The molecule has 172 valence electrons. The van der Waals surface area contributed by atoms with E-state index in [0.717, 1.165) is 0 Å². The number of methoxy groups -OCH3 is 1. The van der Waals surface area contributed by atoms with E-state index in [1.54, 1.807) is 53.4 Å². The second-order valence-corrected chi connectivity index (χ2v) is 7.75. The van der Waals surface area contributed by atoms with E-state index >= 15 is 0 Å². The van der Waals surface area contributed by atoms with E-state index in [4.69, 9.17) is 22.1 Å². The van der Waals surface area contributed by atoms with Crippen LogP contribution in [0.15, 0.2) is 66.7 Å². The second-order valence-electron chi connectivity index (χ2n) is 7.34. The number of carbonyl (C=O) groups excluding carboxylic acids is 2. The number of nitrogens with one attached hydrogen (secondary N) is 1. The van der Waals surface area contributed by atoms with Crippen LogP contribution in [-0.4, -0.2) is 36.9 Å². The number of nitrogens with two attached hydrogens (primary N) is 1. The largest absolute Gasteiger partial charge is 0.496 e. The third kappa shape index (κ3) is 6.31. The second kappa shape index (κ2) is 11.4. The fourth-order valence-corrected chi connectivity index (χ4v) is 3.53. The van der Waals surface area contributed by atoms with Gasteiger partial charge in [0.15, 0.2) is 0 Å². The topological polar surface area (TPSA) is 84.7 Å². The standard InChI is InChI=1S/C25H25ClFN3O3/c1-33-23-9-3-2-8-21(23)24(31)29-20-10-11-22(26)18(15-20)16-30(13-5-12-28)25(32)17-6-4-7-19(27)14-17/h2-4,6-11,14-15H,5,12-13,16,28H2,1H3,(H,29,31). The SMILES string of the molecule is COc1ccccc1C(=O)Nc1ccc(Cl)c(CN(CCCN)C(=O)c2cccc(F)c2)c1. The molecule has 3 aromatic carbocycles. The number of hydrogen-bond donors (Lipinski definition) is 2. The zero-order valence-electron chi connectivity index (χ0n) is 18.2. The highest BCUT2D eigenvalue weighted by atomic mass is 35.5. The van der Waals surface area contributed by atoms with Crippen LogP contribution < -0.4 is 15.8 Å². The molecule has 0 radical (unpaired) electrons. The monoisotopic (exact) mass is 469 g/mol. The van der Waals surface area contributed by atoms with Gasteiger partial charge in [-0.15, -0.1) is 0 Å². The van der Waals surface area contributed by atoms with Gasteiger partial charge in [-0.05, 0) is 67.1 Å². The van der Waals surface area contributed by atoms with Crippen LogP contribution in [-0.2, 0) is 6.54 Å². The summed E-state index contributed by atoms with van der Waals surface area (Å²) in [6, 6.07) is 17.5. The van der Waals surface area contributed by atoms with E-state index in [9.17, 15) is 14.0 Å². The fraction of sp³-hybridized carbons (Fsp3) is 0.200. The molecule has 3 aromatic rings. The predicted molar refractivity (Wildman–Crippen MR) is 127 cm³/mol. The van der Waals surface area contributed by atoms with Gasteiger partial charge in [0.05, 0.1) is 12.7 Å². The van der Waals surface area contributed by atoms with Crippen molar-refractivity contribution in [2.45, 2.75) is 13.0 Å². The Hall–Kier alpha value is -3.42. The number of carbonyl (C=O) groups is 2. The summed E-state index contributed by atoms with van der Waals surface area (Å²) in [6.07, 6.45) is 0.572. The number of anilines is 1. The molecule has 0 atom stereocenters. The smallest absolute Gasteiger partial charge is 0.259 e. The summed E-state index contributed by atoms with van der Waals surface area (Å²) in [5, 5.41) is 3.27. The van der Waals surface area contributed by atoms with Gasteiger partial charge in [-0.3, -0.25) is 9.59 Å². The molecule has 0 saturated heterocycles. The molecule has 3 N–H and O–H groups in total. The van der Waals surface area contributed by atoms with Crippen molar-refractivity contribution in [3.63, 3.8) is 0 Å². The Balaban J connectivity index is 1.83. The first-order valence-corrected chi connectivity index (χ1v) is 10.8. The fourth-order valence-electron chi connectivity index (χ4n) is 3.35. The number of amides is 2. The molecule has 3 rings (SSSR count). The predicted octanol–water partition coefficient (Wildman–Crippen LogP) is 4.73. The third-order valence-corrected chi connectivity index (χ3v) is 5.38. The molecule has 0 aliphatic carbocycles. The maximum absolute atomic E-state index is 13.6. The van der Waals surface area contributed by atoms with Crippen molar-refractivity contribution in [3.05, 3.63) is 94.3 Å². The van der Waals surface area contributed by atoms with Gasteiger partial charge in [0.2, 0.25) is 0 Å². The first-order valence-electron chi connectivity index (χ1n) is 10.4. The lowest BCUT2D eigenvalue weighted by Gasteiger charge is -2.24. The normalized spacial score (nSPS) is 10.5. The maximum atomic E-state index is 13.6. The number of rotatable bonds is 9. The molecule has 2 amide bonds. The van der Waals surface area contributed by atoms with E-state index in [2.05, 4.69) is 5.32 Å². The van der Waals surface area contributed by atoms with Crippen molar-refractivity contribution in [1.29, 1.82) is 0 Å². The van der Waals surface area contributed by atoms with Gasteiger partial charge in [-0.2, -0.15) is 0 Å². The van der Waals surface area contributed by atoms with Gasteiger partial charge < -0.3 is 20.7 Å². The molecule has 0 unspecified atom stereocenters. The van der Waals surface area contributed by atoms with Gasteiger partial charge in [0, 0.05) is 29.4 Å². The van der Waals surface area contributed by atoms with E-state index in [-0.39, 0.29) is 23.9 Å². The summed E-state index contributed by atoms with van der Waals surface area (Å²) in [5.41, 5.74) is 7.42. The minimum atomic E-state index is -0.487. The molecule has 0 saturated carbocycles. The highest BCUT2D eigenvalue weighted by Gasteiger charge is 2.19. The number of benzene rings is 3. The van der Waals surface area contributed by atoms with Crippen molar-refractivity contribution < 1.29 is 18.7 Å². The molecule has 0 bridgehead atoms. The van der Waals surface area contributed by atoms with Crippen LogP contribution in [0.2, 0.25) is 5.02 Å². The van der Waals surface area contributed by atoms with Gasteiger partial charge in [-0.25, -0.2) is 4.39 Å². The zero-order valence-corrected chi connectivity index (χ0v) is 18.9. The van der Waals surface area contributed by atoms with Gasteiger partial charge in [-0.1, -0.05) is 29.8 Å². The molecule has 0 aliphatic heterocycles. The van der Waals surface area contributed by atoms with Gasteiger partial charge in [0.1, 0.15) is 11.6 Å². The van der Waals surface area contributed by atoms with Gasteiger partial charge in [0.25, 0.3) is 11.8 Å². The summed E-state index contributed by atoms with van der Waals surface area (Å²) in [4.78, 5) is 27.3. The van der Waals surface area contributed by atoms with Crippen LogP contribution in [0.5, 0.6) is 5.75 Å². The van der Waals surface area contributed by atoms with Crippen LogP contribution in [0.3, 0.4) is 0 Å². The molecule has 33 heavy (non-hydrogen) atoms. The Kier molecular flexibility index (Phi) is 8.40. The summed E-state index contributed by atoms with van der Waals surface area (Å²) < 4.78 is 18.9. The minimum Gasteiger partial charge on any atom is -0.496 e. The van der Waals surface area contributed by atoms with Crippen LogP contribution in [0.4, 0.5) is 10.1 Å². The third-order valence-electron chi connectivity index (χ3n) is 5.01. The minimum absolute atomic E-state index is 0.173. The summed E-state index contributed by atoms with van der Waals surface area (Å²) >= 11 is 6.40. The molecule has 0 aromatic heterocycles. The van der Waals surface area contributed by atoms with Crippen molar-refractivity contribution in [3.8, 4) is 5.75 Å². The molecular weight excluding hydrogens is 445 g/mol. The lowest BCUT2D eigenvalue weighted by Crippen LogP contribution is -2.32. The highest BCUT2D eigenvalue weighted by Crippen LogP contribution is 2.25. The first-order chi connectivity index (χ1) is 15.9. The lowest BCUT2D eigenvalue weighted by molar-refractivity contribution is 0.0741. The zero-order chi connectivity index (χ0) is 23.8. The van der Waals surface area contributed by atoms with Crippen LogP contribution >= 0.6 is 11.6 Å². The Morgan fingerprint density at radius 3 is 2.61 bits per heavy atom. The van der Waals surface area contributed by atoms with Crippen molar-refractivity contribution in [2.75, 3.05) is 25.5 Å². The Bertz CT molecular complexity index is 1140. The van der Waals surface area contributed by atoms with Crippen molar-refractivity contribution >= 4 is 29.1 Å². The van der Waals surface area contributed by atoms with Crippen LogP contribution in [0, 0.1) is 5.82 Å². The Labute approximate surface area is 197 Å². The van der Waals surface area contributed by atoms with Gasteiger partial charge >= 0.3 is 0 Å². The Morgan fingerprint density at radius 1 is 1.09 bits per heavy atom. The quantitative estimate of drug-likeness (QED) is 0.474. The summed E-state index contributed by atoms with van der Waals surface area (Å²) in [7, 11) is 1.50. The average Bonchev–Trinajstić information content (AvgIpc) is 2.83. The average molecular weight is 470 g/mol. The van der Waals surface area contributed by atoms with E-state index in [0.29, 0.717) is 47.1 Å². The molecule has 0 aliphatic rings. The number of hydrogen-bond acceptors (Lipinski definition) is 4. The molecule has 0 spiro atoms. The molecule has 6 nitrogen and oxygen atoms in total. The Morgan fingerprint density at radius 2 is 1.88 bits per heavy atom. The molecule has 0 fully saturated rings. The highest BCUT2D eigenvalue weighted by molar-refractivity contribution is 6.31. The summed E-state index contributed by atoms with van der Waals surface area (Å²) in [5.74, 6) is -0.699. The van der Waals surface area contributed by atoms with Crippen LogP contribution in [0.25, 0.3) is 0 Å². The molecular formula is C25H25ClFN3O3.